The van der Waals surface area contributed by atoms with Gasteiger partial charge in [-0.1, -0.05) is 48.5 Å². The van der Waals surface area contributed by atoms with E-state index in [4.69, 9.17) is 0 Å². The normalized spacial score (nSPS) is 13.2. The maximum absolute atomic E-state index is 13.9. The van der Waals surface area contributed by atoms with Gasteiger partial charge in [0, 0.05) is 10.5 Å². The minimum absolute atomic E-state index is 0.103. The van der Waals surface area contributed by atoms with Crippen LogP contribution >= 0.6 is 0 Å². The van der Waals surface area contributed by atoms with Gasteiger partial charge >= 0.3 is 0 Å². The lowest BCUT2D eigenvalue weighted by Gasteiger charge is -2.16. The van der Waals surface area contributed by atoms with Crippen LogP contribution in [0, 0.1) is 0 Å². The van der Waals surface area contributed by atoms with Gasteiger partial charge in [0.1, 0.15) is 0 Å². The largest absolute Gasteiger partial charge is 0.284 e. The minimum atomic E-state index is -3.08. The first-order valence-corrected chi connectivity index (χ1v) is 6.78. The highest BCUT2D eigenvalue weighted by atomic mass is 32.2. The second kappa shape index (κ2) is 5.40. The van der Waals surface area contributed by atoms with Gasteiger partial charge in [-0.15, -0.1) is 0 Å². The zero-order valence-corrected chi connectivity index (χ0v) is 10.4. The van der Waals surface area contributed by atoms with Crippen molar-refractivity contribution in [2.45, 2.75) is 10.8 Å². The van der Waals surface area contributed by atoms with E-state index in [1.165, 1.54) is 12.1 Å². The SMILES string of the molecule is O=S(CC(F)(F)c1ccccc1)c1ccccc1. The molecule has 1 nitrogen and oxygen atoms in total. The van der Waals surface area contributed by atoms with Crippen LogP contribution in [-0.2, 0) is 16.7 Å². The summed E-state index contributed by atoms with van der Waals surface area (Å²) < 4.78 is 39.7. The molecule has 0 aliphatic heterocycles. The fraction of sp³-hybridized carbons (Fsp3) is 0.143. The molecule has 0 saturated carbocycles. The zero-order chi connectivity index (χ0) is 13.0. The number of hydrogen-bond donors (Lipinski definition) is 0. The molecule has 18 heavy (non-hydrogen) atoms. The van der Waals surface area contributed by atoms with Crippen LogP contribution in [0.3, 0.4) is 0 Å². The molecule has 0 aliphatic rings. The van der Waals surface area contributed by atoms with Crippen molar-refractivity contribution < 1.29 is 13.0 Å². The second-order valence-corrected chi connectivity index (χ2v) is 5.32. The van der Waals surface area contributed by atoms with Gasteiger partial charge in [0.2, 0.25) is 0 Å². The first-order valence-electron chi connectivity index (χ1n) is 5.46. The Bertz CT molecular complexity index is 526. The van der Waals surface area contributed by atoms with Gasteiger partial charge < -0.3 is 0 Å². The molecule has 0 aliphatic carbocycles. The lowest BCUT2D eigenvalue weighted by molar-refractivity contribution is 0.0222. The van der Waals surface area contributed by atoms with Crippen molar-refractivity contribution in [1.82, 2.24) is 0 Å². The summed E-state index contributed by atoms with van der Waals surface area (Å²) in [7, 11) is -1.70. The molecule has 0 heterocycles. The second-order valence-electron chi connectivity index (χ2n) is 3.87. The van der Waals surface area contributed by atoms with Crippen molar-refractivity contribution in [2.75, 3.05) is 5.75 Å². The predicted octanol–water partition coefficient (Wildman–Crippen LogP) is 3.59. The number of halogens is 2. The Morgan fingerprint density at radius 3 is 1.94 bits per heavy atom. The minimum Gasteiger partial charge on any atom is -0.254 e. The van der Waals surface area contributed by atoms with Crippen molar-refractivity contribution in [3.63, 3.8) is 0 Å². The molecule has 2 rings (SSSR count). The van der Waals surface area contributed by atoms with E-state index in [2.05, 4.69) is 0 Å². The Labute approximate surface area is 107 Å². The fourth-order valence-corrected chi connectivity index (χ4v) is 2.71. The van der Waals surface area contributed by atoms with Gasteiger partial charge in [-0.2, -0.15) is 0 Å². The fourth-order valence-electron chi connectivity index (χ4n) is 1.59. The van der Waals surface area contributed by atoms with E-state index in [9.17, 15) is 13.0 Å². The number of hydrogen-bond acceptors (Lipinski definition) is 1. The van der Waals surface area contributed by atoms with Crippen LogP contribution in [0.15, 0.2) is 65.6 Å². The first kappa shape index (κ1) is 12.9. The van der Waals surface area contributed by atoms with E-state index < -0.39 is 22.5 Å². The molecule has 2 aromatic rings. The quantitative estimate of drug-likeness (QED) is 0.826. The highest BCUT2D eigenvalue weighted by Gasteiger charge is 2.34. The molecule has 0 bridgehead atoms. The summed E-state index contributed by atoms with van der Waals surface area (Å²) in [5.41, 5.74) is -0.103. The van der Waals surface area contributed by atoms with E-state index in [0.29, 0.717) is 4.90 Å². The first-order chi connectivity index (χ1) is 8.59. The molecule has 0 amide bonds. The molecule has 2 aromatic carbocycles. The van der Waals surface area contributed by atoms with Gasteiger partial charge in [-0.25, -0.2) is 8.78 Å². The Hall–Kier alpha value is -1.55. The van der Waals surface area contributed by atoms with Crippen molar-refractivity contribution in [3.05, 3.63) is 66.2 Å². The van der Waals surface area contributed by atoms with E-state index in [1.807, 2.05) is 0 Å². The Morgan fingerprint density at radius 2 is 1.39 bits per heavy atom. The van der Waals surface area contributed by atoms with Crippen LogP contribution in [0.2, 0.25) is 0 Å². The molecule has 4 heteroatoms. The summed E-state index contributed by atoms with van der Waals surface area (Å²) in [6.45, 7) is 0. The number of rotatable bonds is 4. The molecule has 0 fully saturated rings. The van der Waals surface area contributed by atoms with Crippen LogP contribution in [0.5, 0.6) is 0 Å². The summed E-state index contributed by atoms with van der Waals surface area (Å²) in [4.78, 5) is 0.424. The van der Waals surface area contributed by atoms with Crippen LogP contribution in [0.4, 0.5) is 8.78 Å². The van der Waals surface area contributed by atoms with Crippen LogP contribution in [0.25, 0.3) is 0 Å². The maximum atomic E-state index is 13.9. The third-order valence-corrected chi connectivity index (χ3v) is 3.94. The third kappa shape index (κ3) is 3.01. The standard InChI is InChI=1S/C14H12F2OS/c15-14(16,12-7-3-1-4-8-12)11-18(17)13-9-5-2-6-10-13/h1-10H,11H2. The molecule has 1 unspecified atom stereocenters. The lowest BCUT2D eigenvalue weighted by Crippen LogP contribution is -2.22. The molecular weight excluding hydrogens is 254 g/mol. The van der Waals surface area contributed by atoms with Crippen LogP contribution in [-0.4, -0.2) is 9.96 Å². The average Bonchev–Trinajstić information content (AvgIpc) is 2.40. The molecule has 1 atom stereocenters. The average molecular weight is 266 g/mol. The molecule has 0 aromatic heterocycles. The number of alkyl halides is 2. The monoisotopic (exact) mass is 266 g/mol. The van der Waals surface area contributed by atoms with Crippen molar-refractivity contribution >= 4 is 10.8 Å². The summed E-state index contributed by atoms with van der Waals surface area (Å²) in [5, 5.41) is 0. The molecule has 94 valence electrons. The Balaban J connectivity index is 2.17. The summed E-state index contributed by atoms with van der Waals surface area (Å²) in [6, 6.07) is 15.8. The predicted molar refractivity (Wildman–Crippen MR) is 68.1 cm³/mol. The van der Waals surface area contributed by atoms with Gasteiger partial charge in [0.15, 0.2) is 0 Å². The highest BCUT2D eigenvalue weighted by molar-refractivity contribution is 7.85. The summed E-state index contributed by atoms with van der Waals surface area (Å²) in [5.74, 6) is -3.77. The van der Waals surface area contributed by atoms with E-state index in [1.54, 1.807) is 48.5 Å². The summed E-state index contributed by atoms with van der Waals surface area (Å²) in [6.07, 6.45) is 0. The van der Waals surface area contributed by atoms with Gasteiger partial charge in [0.25, 0.3) is 5.92 Å². The molecule has 0 N–H and O–H groups in total. The Morgan fingerprint density at radius 1 is 0.889 bits per heavy atom. The Kier molecular flexibility index (Phi) is 3.87. The molecule has 0 saturated heterocycles. The number of benzene rings is 2. The molecule has 0 spiro atoms. The van der Waals surface area contributed by atoms with Crippen molar-refractivity contribution in [2.24, 2.45) is 0 Å². The van der Waals surface area contributed by atoms with E-state index in [0.717, 1.165) is 0 Å². The lowest BCUT2D eigenvalue weighted by atomic mass is 10.1. The van der Waals surface area contributed by atoms with Crippen LogP contribution in [0.1, 0.15) is 5.56 Å². The smallest absolute Gasteiger partial charge is 0.254 e. The summed E-state index contributed by atoms with van der Waals surface area (Å²) >= 11 is 0. The van der Waals surface area contributed by atoms with E-state index in [-0.39, 0.29) is 5.56 Å². The van der Waals surface area contributed by atoms with Gasteiger partial charge in [-0.05, 0) is 12.1 Å². The van der Waals surface area contributed by atoms with Gasteiger partial charge in [0.05, 0.1) is 16.6 Å². The maximum Gasteiger partial charge on any atom is 0.284 e. The zero-order valence-electron chi connectivity index (χ0n) is 9.55. The topological polar surface area (TPSA) is 17.1 Å². The van der Waals surface area contributed by atoms with Crippen LogP contribution < -0.4 is 0 Å². The van der Waals surface area contributed by atoms with E-state index >= 15 is 0 Å². The molecule has 0 radical (unpaired) electrons. The van der Waals surface area contributed by atoms with Crippen molar-refractivity contribution in [1.29, 1.82) is 0 Å². The van der Waals surface area contributed by atoms with Gasteiger partial charge in [-0.3, -0.25) is 4.21 Å². The van der Waals surface area contributed by atoms with Crippen molar-refractivity contribution in [3.8, 4) is 0 Å². The highest BCUT2D eigenvalue weighted by Crippen LogP contribution is 2.29. The molecular formula is C14H12F2OS. The third-order valence-electron chi connectivity index (χ3n) is 2.51.